The number of pyridine rings is 1. The number of imidazole rings is 1. The summed E-state index contributed by atoms with van der Waals surface area (Å²) in [6, 6.07) is 6.99. The van der Waals surface area contributed by atoms with Crippen LogP contribution in [0.2, 0.25) is 0 Å². The van der Waals surface area contributed by atoms with Crippen LogP contribution in [0.15, 0.2) is 48.8 Å². The van der Waals surface area contributed by atoms with Crippen LogP contribution >= 0.6 is 0 Å². The third-order valence-electron chi connectivity index (χ3n) is 6.49. The smallest absolute Gasteiger partial charge is 0.369 e. The van der Waals surface area contributed by atoms with E-state index >= 15 is 0 Å². The number of fused-ring (bicyclic) bond motifs is 1. The highest BCUT2D eigenvalue weighted by Gasteiger charge is 2.39. The Bertz CT molecular complexity index is 1390. The van der Waals surface area contributed by atoms with E-state index in [9.17, 15) is 22.0 Å². The molecular formula is C25H21F5N4. The van der Waals surface area contributed by atoms with Crippen molar-refractivity contribution >= 4 is 16.7 Å². The Morgan fingerprint density at radius 1 is 1.06 bits per heavy atom. The van der Waals surface area contributed by atoms with Crippen molar-refractivity contribution in [2.75, 3.05) is 18.0 Å². The van der Waals surface area contributed by atoms with E-state index in [-0.39, 0.29) is 22.3 Å². The van der Waals surface area contributed by atoms with Gasteiger partial charge >= 0.3 is 6.18 Å². The molecule has 2 aromatic carbocycles. The molecule has 4 nitrogen and oxygen atoms in total. The maximum Gasteiger partial charge on any atom is 0.416 e. The van der Waals surface area contributed by atoms with Gasteiger partial charge in [0.1, 0.15) is 17.2 Å². The van der Waals surface area contributed by atoms with Crippen molar-refractivity contribution in [1.82, 2.24) is 15.0 Å². The van der Waals surface area contributed by atoms with Crippen molar-refractivity contribution in [3.8, 4) is 22.5 Å². The normalized spacial score (nSPS) is 15.6. The molecule has 0 atom stereocenters. The van der Waals surface area contributed by atoms with Gasteiger partial charge in [-0.2, -0.15) is 13.2 Å². The third-order valence-corrected chi connectivity index (χ3v) is 6.49. The molecule has 4 aromatic rings. The highest BCUT2D eigenvalue weighted by Crippen LogP contribution is 2.46. The Labute approximate surface area is 192 Å². The second-order valence-electron chi connectivity index (χ2n) is 9.05. The lowest BCUT2D eigenvalue weighted by Gasteiger charge is -2.50. The number of benzene rings is 2. The van der Waals surface area contributed by atoms with E-state index in [1.165, 1.54) is 12.3 Å². The zero-order chi connectivity index (χ0) is 24.3. The van der Waals surface area contributed by atoms with Crippen LogP contribution in [0.3, 0.4) is 0 Å². The average molecular weight is 472 g/mol. The topological polar surface area (TPSA) is 44.8 Å². The van der Waals surface area contributed by atoms with Gasteiger partial charge in [0.2, 0.25) is 0 Å². The molecular weight excluding hydrogens is 451 g/mol. The number of anilines is 1. The molecule has 176 valence electrons. The van der Waals surface area contributed by atoms with Crippen LogP contribution in [0.4, 0.5) is 27.6 Å². The number of nitrogens with one attached hydrogen (secondary N) is 1. The van der Waals surface area contributed by atoms with Gasteiger partial charge in [-0.25, -0.2) is 13.8 Å². The zero-order valence-electron chi connectivity index (χ0n) is 18.5. The molecule has 0 radical (unpaired) electrons. The van der Waals surface area contributed by atoms with Gasteiger partial charge in [0.05, 0.1) is 22.3 Å². The quantitative estimate of drug-likeness (QED) is 0.331. The minimum atomic E-state index is -4.49. The van der Waals surface area contributed by atoms with Gasteiger partial charge in [-0.15, -0.1) is 0 Å². The van der Waals surface area contributed by atoms with Crippen LogP contribution in [-0.2, 0) is 6.18 Å². The van der Waals surface area contributed by atoms with Crippen LogP contribution in [0, 0.1) is 17.0 Å². The summed E-state index contributed by atoms with van der Waals surface area (Å²) in [5.74, 6) is -1.28. The van der Waals surface area contributed by atoms with Gasteiger partial charge in [0, 0.05) is 42.5 Å². The van der Waals surface area contributed by atoms with Crippen molar-refractivity contribution in [1.29, 1.82) is 0 Å². The summed E-state index contributed by atoms with van der Waals surface area (Å²) in [5, 5.41) is 0. The Kier molecular flexibility index (Phi) is 5.11. The van der Waals surface area contributed by atoms with Crippen molar-refractivity contribution in [2.45, 2.75) is 26.4 Å². The predicted octanol–water partition coefficient (Wildman–Crippen LogP) is 6.83. The highest BCUT2D eigenvalue weighted by molar-refractivity contribution is 5.91. The summed E-state index contributed by atoms with van der Waals surface area (Å²) in [4.78, 5) is 13.6. The van der Waals surface area contributed by atoms with E-state index in [0.29, 0.717) is 35.5 Å². The molecule has 0 spiro atoms. The number of halogens is 5. The van der Waals surface area contributed by atoms with Crippen LogP contribution in [0.5, 0.6) is 0 Å². The van der Waals surface area contributed by atoms with Crippen LogP contribution in [-0.4, -0.2) is 28.0 Å². The zero-order valence-corrected chi connectivity index (χ0v) is 18.5. The summed E-state index contributed by atoms with van der Waals surface area (Å²) in [7, 11) is 0. The Morgan fingerprint density at radius 2 is 1.79 bits per heavy atom. The maximum absolute atomic E-state index is 14.3. The highest BCUT2D eigenvalue weighted by atomic mass is 19.4. The van der Waals surface area contributed by atoms with E-state index in [1.54, 1.807) is 12.3 Å². The first kappa shape index (κ1) is 22.3. The molecule has 9 heteroatoms. The lowest BCUT2D eigenvalue weighted by Crippen LogP contribution is -2.54. The Hall–Kier alpha value is -3.49. The lowest BCUT2D eigenvalue weighted by atomic mass is 9.78. The number of aromatic amines is 1. The molecule has 1 fully saturated rings. The second kappa shape index (κ2) is 7.78. The minimum Gasteiger partial charge on any atom is -0.369 e. The van der Waals surface area contributed by atoms with E-state index in [4.69, 9.17) is 0 Å². The van der Waals surface area contributed by atoms with Crippen molar-refractivity contribution in [2.24, 2.45) is 5.41 Å². The number of hydrogen-bond acceptors (Lipinski definition) is 3. The minimum absolute atomic E-state index is 0.0196. The maximum atomic E-state index is 14.3. The van der Waals surface area contributed by atoms with E-state index < -0.39 is 23.4 Å². The van der Waals surface area contributed by atoms with Gasteiger partial charge in [-0.3, -0.25) is 4.98 Å². The van der Waals surface area contributed by atoms with Crippen molar-refractivity contribution < 1.29 is 22.0 Å². The number of aromatic nitrogens is 3. The van der Waals surface area contributed by atoms with Crippen LogP contribution in [0.25, 0.3) is 33.5 Å². The summed E-state index contributed by atoms with van der Waals surface area (Å²) in [6.45, 7) is 5.62. The molecule has 0 aliphatic carbocycles. The molecule has 2 aromatic heterocycles. The second-order valence-corrected chi connectivity index (χ2v) is 9.05. The number of alkyl halides is 3. The standard InChI is InChI=1S/C25H21F5N4/c1-3-24(2)12-34(13-24)22-17(14-5-4-6-15(7-14)25(28,29)30)10-31-11-18(22)23-32-20-9-16(26)8-19(27)21(20)33-23/h4-11H,3,12-13H2,1-2H3,(H,32,33). The molecule has 1 saturated heterocycles. The summed E-state index contributed by atoms with van der Waals surface area (Å²) in [6.07, 6.45) is -0.476. The summed E-state index contributed by atoms with van der Waals surface area (Å²) >= 11 is 0. The summed E-state index contributed by atoms with van der Waals surface area (Å²) in [5.41, 5.74) is 1.49. The molecule has 1 N–H and O–H groups in total. The molecule has 1 aliphatic rings. The Balaban J connectivity index is 1.70. The largest absolute Gasteiger partial charge is 0.416 e. The van der Waals surface area contributed by atoms with E-state index in [0.717, 1.165) is 30.7 Å². The Morgan fingerprint density at radius 3 is 2.50 bits per heavy atom. The first-order valence-electron chi connectivity index (χ1n) is 10.8. The molecule has 5 rings (SSSR count). The van der Waals surface area contributed by atoms with Gasteiger partial charge in [-0.05, 0) is 30.2 Å². The fraction of sp³-hybridized carbons (Fsp3) is 0.280. The van der Waals surface area contributed by atoms with Crippen molar-refractivity contribution in [3.63, 3.8) is 0 Å². The van der Waals surface area contributed by atoms with E-state index in [2.05, 4.69) is 33.7 Å². The molecule has 0 saturated carbocycles. The van der Waals surface area contributed by atoms with Gasteiger partial charge < -0.3 is 9.88 Å². The van der Waals surface area contributed by atoms with Gasteiger partial charge in [0.15, 0.2) is 5.82 Å². The lowest BCUT2D eigenvalue weighted by molar-refractivity contribution is -0.137. The number of hydrogen-bond donors (Lipinski definition) is 1. The third kappa shape index (κ3) is 3.78. The monoisotopic (exact) mass is 472 g/mol. The first-order chi connectivity index (χ1) is 16.1. The number of nitrogens with zero attached hydrogens (tertiary/aromatic N) is 3. The molecule has 3 heterocycles. The molecule has 1 aliphatic heterocycles. The van der Waals surface area contributed by atoms with Crippen molar-refractivity contribution in [3.05, 3.63) is 66.0 Å². The fourth-order valence-corrected chi connectivity index (χ4v) is 4.47. The van der Waals surface area contributed by atoms with Crippen LogP contribution in [0.1, 0.15) is 25.8 Å². The average Bonchev–Trinajstić information content (AvgIpc) is 3.20. The number of H-pyrrole nitrogens is 1. The van der Waals surface area contributed by atoms with Gasteiger partial charge in [0.25, 0.3) is 0 Å². The fourth-order valence-electron chi connectivity index (χ4n) is 4.47. The predicted molar refractivity (Wildman–Crippen MR) is 120 cm³/mol. The van der Waals surface area contributed by atoms with Gasteiger partial charge in [-0.1, -0.05) is 26.0 Å². The first-order valence-corrected chi connectivity index (χ1v) is 10.8. The summed E-state index contributed by atoms with van der Waals surface area (Å²) < 4.78 is 68.2. The number of rotatable bonds is 4. The van der Waals surface area contributed by atoms with Crippen LogP contribution < -0.4 is 4.90 Å². The molecule has 0 unspecified atom stereocenters. The molecule has 0 bridgehead atoms. The van der Waals surface area contributed by atoms with E-state index in [1.807, 2.05) is 0 Å². The SMILES string of the molecule is CCC1(C)CN(c2c(-c3cccc(C(F)(F)F)c3)cncc2-c2nc3c(F)cc(F)cc3[nH]2)C1. The molecule has 0 amide bonds. The molecule has 34 heavy (non-hydrogen) atoms.